The third-order valence-electron chi connectivity index (χ3n) is 2.21. The number of nitrogens with one attached hydrogen (secondary N) is 1. The van der Waals surface area contributed by atoms with Crippen LogP contribution in [0.1, 0.15) is 5.56 Å². The number of aryl methyl sites for hydroxylation is 1. The molecule has 16 heavy (non-hydrogen) atoms. The second-order valence-electron chi connectivity index (χ2n) is 3.47. The third-order valence-corrected chi connectivity index (χ3v) is 2.21. The van der Waals surface area contributed by atoms with E-state index in [1.54, 1.807) is 17.2 Å². The van der Waals surface area contributed by atoms with E-state index < -0.39 is 0 Å². The molecule has 80 valence electrons. The van der Waals surface area contributed by atoms with Gasteiger partial charge in [0.15, 0.2) is 11.5 Å². The van der Waals surface area contributed by atoms with Gasteiger partial charge >= 0.3 is 0 Å². The minimum atomic E-state index is 0.183. The number of hydrogen-bond acceptors (Lipinski definition) is 5. The van der Waals surface area contributed by atoms with Gasteiger partial charge in [-0.25, -0.2) is 9.67 Å². The fourth-order valence-electron chi connectivity index (χ4n) is 1.53. The van der Waals surface area contributed by atoms with E-state index in [9.17, 15) is 0 Å². The number of imidazole rings is 1. The van der Waals surface area contributed by atoms with Gasteiger partial charge in [0.2, 0.25) is 5.95 Å². The summed E-state index contributed by atoms with van der Waals surface area (Å²) in [4.78, 5) is 15.2. The van der Waals surface area contributed by atoms with Crippen molar-refractivity contribution in [2.24, 2.45) is 0 Å². The summed E-state index contributed by atoms with van der Waals surface area (Å²) < 4.78 is 1.65. The molecular weight excluding hydrogens is 206 g/mol. The molecule has 0 unspecified atom stereocenters. The summed E-state index contributed by atoms with van der Waals surface area (Å²) in [6.07, 6.45) is 5.17. The maximum absolute atomic E-state index is 5.61. The number of nitrogens with two attached hydrogens (primary N) is 1. The van der Waals surface area contributed by atoms with Gasteiger partial charge in [-0.3, -0.25) is 0 Å². The number of aromatic amines is 1. The summed E-state index contributed by atoms with van der Waals surface area (Å²) in [5.74, 6) is 0.788. The molecule has 3 aromatic rings. The molecular formula is C9H9N7. The van der Waals surface area contributed by atoms with E-state index in [0.717, 1.165) is 11.1 Å². The molecule has 0 fully saturated rings. The fraction of sp³-hybridized carbons (Fsp3) is 0.111. The molecule has 7 nitrogen and oxygen atoms in total. The Balaban J connectivity index is 2.33. The predicted octanol–water partition coefficient (Wildman–Crippen LogP) is 0.429. The Kier molecular flexibility index (Phi) is 1.67. The summed E-state index contributed by atoms with van der Waals surface area (Å²) in [5.41, 5.74) is 7.91. The standard InChI is InChI=1S/C9H9N7/c1-5-2-13-16(3-5)8-6-7(12-4-11-6)14-9(10)15-8/h2-4H,1H3,(H3,10,11,12,14,15). The maximum Gasteiger partial charge on any atom is 0.224 e. The molecule has 0 atom stereocenters. The topological polar surface area (TPSA) is 98.3 Å². The third kappa shape index (κ3) is 1.22. The van der Waals surface area contributed by atoms with E-state index in [0.29, 0.717) is 11.5 Å². The van der Waals surface area contributed by atoms with Crippen molar-refractivity contribution in [1.29, 1.82) is 0 Å². The molecule has 0 aromatic carbocycles. The number of H-pyrrole nitrogens is 1. The lowest BCUT2D eigenvalue weighted by atomic mass is 10.4. The average Bonchev–Trinajstić information content (AvgIpc) is 2.84. The lowest BCUT2D eigenvalue weighted by Gasteiger charge is -2.01. The van der Waals surface area contributed by atoms with Crippen molar-refractivity contribution in [1.82, 2.24) is 29.7 Å². The van der Waals surface area contributed by atoms with Gasteiger partial charge in [-0.2, -0.15) is 15.1 Å². The summed E-state index contributed by atoms with van der Waals surface area (Å²) >= 11 is 0. The van der Waals surface area contributed by atoms with Crippen LogP contribution in [-0.4, -0.2) is 29.7 Å². The predicted molar refractivity (Wildman–Crippen MR) is 58.0 cm³/mol. The highest BCUT2D eigenvalue weighted by Gasteiger charge is 2.10. The minimum absolute atomic E-state index is 0.183. The Morgan fingerprint density at radius 2 is 2.25 bits per heavy atom. The van der Waals surface area contributed by atoms with E-state index >= 15 is 0 Å². The van der Waals surface area contributed by atoms with E-state index in [1.165, 1.54) is 0 Å². The normalized spacial score (nSPS) is 11.1. The lowest BCUT2D eigenvalue weighted by Crippen LogP contribution is -2.04. The van der Waals surface area contributed by atoms with Crippen LogP contribution in [0.4, 0.5) is 5.95 Å². The number of hydrogen-bond donors (Lipinski definition) is 2. The molecule has 0 amide bonds. The van der Waals surface area contributed by atoms with E-state index in [2.05, 4.69) is 25.0 Å². The number of aromatic nitrogens is 6. The summed E-state index contributed by atoms with van der Waals surface area (Å²) in [7, 11) is 0. The number of rotatable bonds is 1. The van der Waals surface area contributed by atoms with Crippen LogP contribution in [0.3, 0.4) is 0 Å². The first-order valence-corrected chi connectivity index (χ1v) is 4.72. The van der Waals surface area contributed by atoms with Crippen molar-refractivity contribution >= 4 is 17.1 Å². The van der Waals surface area contributed by atoms with E-state index in [4.69, 9.17) is 5.73 Å². The van der Waals surface area contributed by atoms with Gasteiger partial charge in [0, 0.05) is 6.20 Å². The zero-order valence-electron chi connectivity index (χ0n) is 8.55. The molecule has 0 aliphatic carbocycles. The molecule has 3 aromatic heterocycles. The number of fused-ring (bicyclic) bond motifs is 1. The lowest BCUT2D eigenvalue weighted by molar-refractivity contribution is 0.851. The molecule has 0 aliphatic heterocycles. The molecule has 7 heteroatoms. The first-order valence-electron chi connectivity index (χ1n) is 4.72. The smallest absolute Gasteiger partial charge is 0.224 e. The van der Waals surface area contributed by atoms with Crippen LogP contribution in [0, 0.1) is 6.92 Å². The van der Waals surface area contributed by atoms with Crippen LogP contribution in [0.15, 0.2) is 18.7 Å². The van der Waals surface area contributed by atoms with Gasteiger partial charge in [0.25, 0.3) is 0 Å². The zero-order valence-corrected chi connectivity index (χ0v) is 8.55. The van der Waals surface area contributed by atoms with Crippen molar-refractivity contribution in [3.8, 4) is 5.82 Å². The highest BCUT2D eigenvalue weighted by molar-refractivity contribution is 5.78. The second kappa shape index (κ2) is 3.02. The van der Waals surface area contributed by atoms with Crippen LogP contribution in [0.5, 0.6) is 0 Å². The van der Waals surface area contributed by atoms with Crippen molar-refractivity contribution in [3.63, 3.8) is 0 Å². The monoisotopic (exact) mass is 215 g/mol. The largest absolute Gasteiger partial charge is 0.368 e. The van der Waals surface area contributed by atoms with Gasteiger partial charge in [0.1, 0.15) is 5.52 Å². The molecule has 3 N–H and O–H groups in total. The first-order chi connectivity index (χ1) is 7.74. The molecule has 3 rings (SSSR count). The quantitative estimate of drug-likeness (QED) is 0.613. The van der Waals surface area contributed by atoms with Crippen LogP contribution in [0.25, 0.3) is 17.0 Å². The molecule has 0 radical (unpaired) electrons. The Bertz CT molecular complexity index is 651. The molecule has 0 bridgehead atoms. The summed E-state index contributed by atoms with van der Waals surface area (Å²) in [6, 6.07) is 0. The van der Waals surface area contributed by atoms with Gasteiger partial charge in [-0.05, 0) is 12.5 Å². The Labute approximate surface area is 90.4 Å². The SMILES string of the molecule is Cc1cnn(-c2nc(N)nc3nc[nH]c23)c1. The van der Waals surface area contributed by atoms with Gasteiger partial charge < -0.3 is 10.7 Å². The van der Waals surface area contributed by atoms with E-state index in [-0.39, 0.29) is 5.95 Å². The molecule has 0 saturated carbocycles. The van der Waals surface area contributed by atoms with E-state index in [1.807, 2.05) is 13.1 Å². The maximum atomic E-state index is 5.61. The number of nitrogen functional groups attached to an aromatic ring is 1. The minimum Gasteiger partial charge on any atom is -0.368 e. The highest BCUT2D eigenvalue weighted by atomic mass is 15.3. The van der Waals surface area contributed by atoms with Gasteiger partial charge in [-0.1, -0.05) is 0 Å². The van der Waals surface area contributed by atoms with Crippen molar-refractivity contribution in [3.05, 3.63) is 24.3 Å². The molecule has 0 aliphatic rings. The van der Waals surface area contributed by atoms with Crippen LogP contribution >= 0.6 is 0 Å². The second-order valence-corrected chi connectivity index (χ2v) is 3.47. The summed E-state index contributed by atoms with van der Waals surface area (Å²) in [6.45, 7) is 1.96. The van der Waals surface area contributed by atoms with Gasteiger partial charge in [-0.15, -0.1) is 0 Å². The van der Waals surface area contributed by atoms with Crippen molar-refractivity contribution < 1.29 is 0 Å². The Morgan fingerprint density at radius 1 is 1.38 bits per heavy atom. The Hall–Kier alpha value is -2.44. The number of nitrogens with zero attached hydrogens (tertiary/aromatic N) is 5. The molecule has 3 heterocycles. The van der Waals surface area contributed by atoms with Crippen molar-refractivity contribution in [2.75, 3.05) is 5.73 Å². The van der Waals surface area contributed by atoms with Gasteiger partial charge in [0.05, 0.1) is 12.5 Å². The fourth-order valence-corrected chi connectivity index (χ4v) is 1.53. The zero-order chi connectivity index (χ0) is 11.1. The number of anilines is 1. The average molecular weight is 215 g/mol. The summed E-state index contributed by atoms with van der Waals surface area (Å²) in [5, 5.41) is 4.18. The Morgan fingerprint density at radius 3 is 3.00 bits per heavy atom. The van der Waals surface area contributed by atoms with Crippen LogP contribution in [0.2, 0.25) is 0 Å². The molecule has 0 spiro atoms. The van der Waals surface area contributed by atoms with Crippen LogP contribution in [-0.2, 0) is 0 Å². The highest BCUT2D eigenvalue weighted by Crippen LogP contribution is 2.16. The van der Waals surface area contributed by atoms with Crippen molar-refractivity contribution in [2.45, 2.75) is 6.92 Å². The molecule has 0 saturated heterocycles. The first kappa shape index (κ1) is 8.84. The van der Waals surface area contributed by atoms with Crippen LogP contribution < -0.4 is 5.73 Å².